The van der Waals surface area contributed by atoms with Gasteiger partial charge in [0.25, 0.3) is 0 Å². The van der Waals surface area contributed by atoms with Gasteiger partial charge in [0.2, 0.25) is 0 Å². The summed E-state index contributed by atoms with van der Waals surface area (Å²) in [5.41, 5.74) is 0.757. The summed E-state index contributed by atoms with van der Waals surface area (Å²) < 4.78 is 36.4. The van der Waals surface area contributed by atoms with E-state index in [2.05, 4.69) is 21.2 Å². The molecule has 0 aromatic heterocycles. The van der Waals surface area contributed by atoms with E-state index in [4.69, 9.17) is 0 Å². The zero-order chi connectivity index (χ0) is 13.8. The molecule has 1 aromatic carbocycles. The number of hydrogen-bond acceptors (Lipinski definition) is 3. The molecule has 0 aliphatic heterocycles. The van der Waals surface area contributed by atoms with Crippen LogP contribution < -0.4 is 5.32 Å². The van der Waals surface area contributed by atoms with Crippen LogP contribution in [0.5, 0.6) is 0 Å². The molecule has 0 aliphatic carbocycles. The largest absolute Gasteiger partial charge is 0.310 e. The Morgan fingerprint density at radius 2 is 2.06 bits per heavy atom. The van der Waals surface area contributed by atoms with Crippen molar-refractivity contribution in [3.05, 3.63) is 34.1 Å². The zero-order valence-corrected chi connectivity index (χ0v) is 12.8. The standard InChI is InChI=1S/C12H17BrFNO2S/c1-3-15-12(4-5-18(2,16)17)9-6-10(13)8-11(14)7-9/h6-8,12,15H,3-5H2,1-2H3. The van der Waals surface area contributed by atoms with E-state index in [0.717, 1.165) is 5.56 Å². The maximum absolute atomic E-state index is 13.3. The van der Waals surface area contributed by atoms with Gasteiger partial charge in [0, 0.05) is 16.8 Å². The molecule has 1 aromatic rings. The lowest BCUT2D eigenvalue weighted by atomic mass is 10.0. The number of halogens is 2. The molecule has 0 bridgehead atoms. The fourth-order valence-electron chi connectivity index (χ4n) is 1.74. The van der Waals surface area contributed by atoms with Crippen LogP contribution >= 0.6 is 15.9 Å². The second-order valence-electron chi connectivity index (χ2n) is 4.23. The molecule has 18 heavy (non-hydrogen) atoms. The molecule has 1 unspecified atom stereocenters. The SMILES string of the molecule is CCNC(CCS(C)(=O)=O)c1cc(F)cc(Br)c1. The minimum absolute atomic E-state index is 0.0821. The third-order valence-corrected chi connectivity index (χ3v) is 3.95. The average molecular weight is 338 g/mol. The van der Waals surface area contributed by atoms with Gasteiger partial charge in [0.1, 0.15) is 15.7 Å². The van der Waals surface area contributed by atoms with Gasteiger partial charge in [-0.1, -0.05) is 22.9 Å². The maximum Gasteiger partial charge on any atom is 0.147 e. The van der Waals surface area contributed by atoms with Gasteiger partial charge < -0.3 is 5.32 Å². The van der Waals surface area contributed by atoms with E-state index in [1.165, 1.54) is 18.4 Å². The third-order valence-electron chi connectivity index (χ3n) is 2.52. The van der Waals surface area contributed by atoms with Crippen LogP contribution in [-0.4, -0.2) is 27.0 Å². The van der Waals surface area contributed by atoms with Gasteiger partial charge >= 0.3 is 0 Å². The summed E-state index contributed by atoms with van der Waals surface area (Å²) in [7, 11) is -3.01. The van der Waals surface area contributed by atoms with E-state index < -0.39 is 9.84 Å². The van der Waals surface area contributed by atoms with E-state index in [9.17, 15) is 12.8 Å². The van der Waals surface area contributed by atoms with Crippen LogP contribution in [0.25, 0.3) is 0 Å². The van der Waals surface area contributed by atoms with Crippen molar-refractivity contribution in [3.8, 4) is 0 Å². The minimum Gasteiger partial charge on any atom is -0.310 e. The molecule has 0 heterocycles. The Balaban J connectivity index is 2.89. The van der Waals surface area contributed by atoms with Crippen LogP contribution in [0.1, 0.15) is 24.9 Å². The van der Waals surface area contributed by atoms with Crippen molar-refractivity contribution in [2.45, 2.75) is 19.4 Å². The second-order valence-corrected chi connectivity index (χ2v) is 7.41. The molecular formula is C12H17BrFNO2S. The molecule has 1 atom stereocenters. The first-order valence-corrected chi connectivity index (χ1v) is 8.54. The molecule has 0 aliphatic rings. The minimum atomic E-state index is -3.01. The molecule has 0 amide bonds. The first kappa shape index (κ1) is 15.6. The molecule has 0 spiro atoms. The van der Waals surface area contributed by atoms with Crippen LogP contribution in [-0.2, 0) is 9.84 Å². The summed E-state index contributed by atoms with van der Waals surface area (Å²) >= 11 is 3.24. The Morgan fingerprint density at radius 1 is 1.39 bits per heavy atom. The number of benzene rings is 1. The molecule has 0 saturated heterocycles. The topological polar surface area (TPSA) is 46.2 Å². The summed E-state index contributed by atoms with van der Waals surface area (Å²) in [5, 5.41) is 3.17. The molecule has 0 saturated carbocycles. The van der Waals surface area contributed by atoms with Gasteiger partial charge in [0.15, 0.2) is 0 Å². The highest BCUT2D eigenvalue weighted by Crippen LogP contribution is 2.23. The summed E-state index contributed by atoms with van der Waals surface area (Å²) in [6.45, 7) is 2.63. The van der Waals surface area contributed by atoms with Gasteiger partial charge in [-0.3, -0.25) is 0 Å². The van der Waals surface area contributed by atoms with Crippen molar-refractivity contribution in [2.75, 3.05) is 18.6 Å². The Morgan fingerprint density at radius 3 is 2.56 bits per heavy atom. The highest BCUT2D eigenvalue weighted by molar-refractivity contribution is 9.10. The number of nitrogens with one attached hydrogen (secondary N) is 1. The maximum atomic E-state index is 13.3. The normalized spacial score (nSPS) is 13.6. The first-order valence-electron chi connectivity index (χ1n) is 5.69. The lowest BCUT2D eigenvalue weighted by molar-refractivity contribution is 0.525. The van der Waals surface area contributed by atoms with Crippen molar-refractivity contribution in [3.63, 3.8) is 0 Å². The molecule has 1 N–H and O–H groups in total. The predicted molar refractivity (Wildman–Crippen MR) is 74.8 cm³/mol. The Hall–Kier alpha value is -0.460. The van der Waals surface area contributed by atoms with Gasteiger partial charge in [-0.2, -0.15) is 0 Å². The van der Waals surface area contributed by atoms with E-state index in [-0.39, 0.29) is 17.6 Å². The summed E-state index contributed by atoms with van der Waals surface area (Å²) in [5.74, 6) is -0.250. The summed E-state index contributed by atoms with van der Waals surface area (Å²) in [6.07, 6.45) is 1.64. The molecular weight excluding hydrogens is 321 g/mol. The van der Waals surface area contributed by atoms with E-state index in [1.54, 1.807) is 6.07 Å². The van der Waals surface area contributed by atoms with Crippen molar-refractivity contribution in [1.82, 2.24) is 5.32 Å². The van der Waals surface area contributed by atoms with Crippen LogP contribution in [0.4, 0.5) is 4.39 Å². The van der Waals surface area contributed by atoms with Gasteiger partial charge in [-0.25, -0.2) is 12.8 Å². The third kappa shape index (κ3) is 5.46. The lowest BCUT2D eigenvalue weighted by Gasteiger charge is -2.18. The van der Waals surface area contributed by atoms with Crippen LogP contribution in [0.3, 0.4) is 0 Å². The Labute approximate surface area is 116 Å². The van der Waals surface area contributed by atoms with Crippen LogP contribution in [0.15, 0.2) is 22.7 Å². The molecule has 0 fully saturated rings. The Bertz CT molecular complexity index is 485. The van der Waals surface area contributed by atoms with Gasteiger partial charge in [-0.05, 0) is 36.7 Å². The van der Waals surface area contributed by atoms with E-state index in [0.29, 0.717) is 17.4 Å². The fraction of sp³-hybridized carbons (Fsp3) is 0.500. The monoisotopic (exact) mass is 337 g/mol. The van der Waals surface area contributed by atoms with E-state index >= 15 is 0 Å². The molecule has 6 heteroatoms. The lowest BCUT2D eigenvalue weighted by Crippen LogP contribution is -2.23. The number of hydrogen-bond donors (Lipinski definition) is 1. The fourth-order valence-corrected chi connectivity index (χ4v) is 2.89. The summed E-state index contributed by atoms with van der Waals surface area (Å²) in [6, 6.07) is 4.46. The molecule has 3 nitrogen and oxygen atoms in total. The van der Waals surface area contributed by atoms with Crippen molar-refractivity contribution < 1.29 is 12.8 Å². The van der Waals surface area contributed by atoms with Crippen molar-refractivity contribution in [1.29, 1.82) is 0 Å². The van der Waals surface area contributed by atoms with Gasteiger partial charge in [-0.15, -0.1) is 0 Å². The highest BCUT2D eigenvalue weighted by atomic mass is 79.9. The predicted octanol–water partition coefficient (Wildman–Crippen LogP) is 2.67. The number of rotatable bonds is 6. The quantitative estimate of drug-likeness (QED) is 0.867. The average Bonchev–Trinajstić information content (AvgIpc) is 2.21. The van der Waals surface area contributed by atoms with Crippen LogP contribution in [0, 0.1) is 5.82 Å². The van der Waals surface area contributed by atoms with Gasteiger partial charge in [0.05, 0.1) is 5.75 Å². The molecule has 0 radical (unpaired) electrons. The highest BCUT2D eigenvalue weighted by Gasteiger charge is 2.14. The second kappa shape index (κ2) is 6.63. The molecule has 1 rings (SSSR count). The van der Waals surface area contributed by atoms with Crippen LogP contribution in [0.2, 0.25) is 0 Å². The first-order chi connectivity index (χ1) is 8.31. The number of sulfone groups is 1. The van der Waals surface area contributed by atoms with Crippen molar-refractivity contribution >= 4 is 25.8 Å². The summed E-state index contributed by atoms with van der Waals surface area (Å²) in [4.78, 5) is 0. The van der Waals surface area contributed by atoms with E-state index in [1.807, 2.05) is 6.92 Å². The zero-order valence-electron chi connectivity index (χ0n) is 10.4. The van der Waals surface area contributed by atoms with Crippen molar-refractivity contribution in [2.24, 2.45) is 0 Å². The smallest absolute Gasteiger partial charge is 0.147 e. The Kier molecular flexibility index (Phi) is 5.75. The molecule has 102 valence electrons.